The van der Waals surface area contributed by atoms with Crippen molar-refractivity contribution in [2.75, 3.05) is 27.2 Å². The Morgan fingerprint density at radius 1 is 0.578 bits per heavy atom. The van der Waals surface area contributed by atoms with Gasteiger partial charge in [-0.15, -0.1) is 0 Å². The second-order valence-electron chi connectivity index (χ2n) is 11.6. The molecule has 5 nitrogen and oxygen atoms in total. The summed E-state index contributed by atoms with van der Waals surface area (Å²) in [7, 11) is 4.11. The number of aromatic nitrogens is 1. The van der Waals surface area contributed by atoms with Crippen LogP contribution in [0.3, 0.4) is 0 Å². The number of fused-ring (bicyclic) bond motifs is 1. The van der Waals surface area contributed by atoms with Gasteiger partial charge in [-0.1, -0.05) is 72.8 Å². The predicted octanol–water partition coefficient (Wildman–Crippen LogP) is 8.76. The molecule has 1 heterocycles. The lowest BCUT2D eigenvalue weighted by molar-refractivity contribution is 0.261. The second kappa shape index (κ2) is 14.2. The molecule has 0 unspecified atom stereocenters. The number of aryl methyl sites for hydroxylation is 1. The fourth-order valence-electron chi connectivity index (χ4n) is 5.54. The quantitative estimate of drug-likeness (QED) is 0.134. The van der Waals surface area contributed by atoms with Crippen LogP contribution in [0, 0.1) is 6.92 Å². The van der Waals surface area contributed by atoms with Gasteiger partial charge in [-0.3, -0.25) is 0 Å². The molecular formula is C40H40N2O3. The van der Waals surface area contributed by atoms with E-state index in [1.807, 2.05) is 36.4 Å². The van der Waals surface area contributed by atoms with Crippen LogP contribution in [0.5, 0.6) is 17.2 Å². The Balaban J connectivity index is 1.29. The van der Waals surface area contributed by atoms with Crippen molar-refractivity contribution in [1.29, 1.82) is 0 Å². The van der Waals surface area contributed by atoms with Crippen molar-refractivity contribution in [3.8, 4) is 28.5 Å². The van der Waals surface area contributed by atoms with Crippen molar-refractivity contribution in [2.24, 2.45) is 0 Å². The fourth-order valence-corrected chi connectivity index (χ4v) is 5.54. The van der Waals surface area contributed by atoms with E-state index in [-0.39, 0.29) is 0 Å². The van der Waals surface area contributed by atoms with Crippen LogP contribution in [0.15, 0.2) is 127 Å². The van der Waals surface area contributed by atoms with E-state index in [2.05, 4.69) is 121 Å². The molecule has 5 heteroatoms. The Hall–Kier alpha value is -5.00. The van der Waals surface area contributed by atoms with E-state index in [1.54, 1.807) is 0 Å². The zero-order chi connectivity index (χ0) is 31.0. The van der Waals surface area contributed by atoms with Crippen molar-refractivity contribution in [2.45, 2.75) is 26.7 Å². The molecule has 0 fully saturated rings. The molecule has 45 heavy (non-hydrogen) atoms. The van der Waals surface area contributed by atoms with Gasteiger partial charge in [0.15, 0.2) is 0 Å². The average Bonchev–Trinajstić information content (AvgIpc) is 3.34. The van der Waals surface area contributed by atoms with Gasteiger partial charge < -0.3 is 23.7 Å². The first-order valence-electron chi connectivity index (χ1n) is 15.5. The average molecular weight is 597 g/mol. The molecule has 5 aromatic carbocycles. The Morgan fingerprint density at radius 3 is 1.76 bits per heavy atom. The van der Waals surface area contributed by atoms with Crippen LogP contribution in [0.2, 0.25) is 0 Å². The Labute approximate surface area is 266 Å². The van der Waals surface area contributed by atoms with Crippen LogP contribution in [0.25, 0.3) is 22.2 Å². The molecule has 0 saturated carbocycles. The third kappa shape index (κ3) is 7.57. The lowest BCUT2D eigenvalue weighted by Crippen LogP contribution is -2.19. The van der Waals surface area contributed by atoms with Gasteiger partial charge in [-0.05, 0) is 103 Å². The molecule has 0 aliphatic heterocycles. The van der Waals surface area contributed by atoms with E-state index in [0.717, 1.165) is 47.0 Å². The molecule has 0 aliphatic carbocycles. The van der Waals surface area contributed by atoms with Crippen molar-refractivity contribution < 1.29 is 14.2 Å². The van der Waals surface area contributed by atoms with Crippen LogP contribution in [-0.4, -0.2) is 36.7 Å². The first-order valence-corrected chi connectivity index (χ1v) is 15.5. The third-order valence-electron chi connectivity index (χ3n) is 7.98. The Bertz CT molecular complexity index is 1810. The monoisotopic (exact) mass is 596 g/mol. The molecule has 0 spiro atoms. The number of benzene rings is 5. The van der Waals surface area contributed by atoms with E-state index in [4.69, 9.17) is 14.2 Å². The molecule has 0 radical (unpaired) electrons. The van der Waals surface area contributed by atoms with E-state index in [9.17, 15) is 0 Å². The summed E-state index contributed by atoms with van der Waals surface area (Å²) in [5.74, 6) is 2.60. The van der Waals surface area contributed by atoms with Crippen LogP contribution in [0.4, 0.5) is 0 Å². The molecule has 6 aromatic rings. The molecule has 0 saturated heterocycles. The van der Waals surface area contributed by atoms with Crippen LogP contribution >= 0.6 is 0 Å². The van der Waals surface area contributed by atoms with E-state index >= 15 is 0 Å². The van der Waals surface area contributed by atoms with Crippen LogP contribution < -0.4 is 14.2 Å². The summed E-state index contributed by atoms with van der Waals surface area (Å²) in [4.78, 5) is 2.12. The fraction of sp³-hybridized carbons (Fsp3) is 0.200. The number of hydrogen-bond donors (Lipinski definition) is 0. The first-order chi connectivity index (χ1) is 22.0. The van der Waals surface area contributed by atoms with E-state index in [1.165, 1.54) is 27.7 Å². The van der Waals surface area contributed by atoms with E-state index in [0.29, 0.717) is 19.8 Å². The number of hydrogen-bond acceptors (Lipinski definition) is 4. The van der Waals surface area contributed by atoms with Crippen molar-refractivity contribution in [1.82, 2.24) is 9.47 Å². The number of likely N-dealkylation sites (N-methyl/N-ethyl adjacent to an activating group) is 1. The van der Waals surface area contributed by atoms with E-state index < -0.39 is 0 Å². The topological polar surface area (TPSA) is 35.9 Å². The minimum Gasteiger partial charge on any atom is -0.492 e. The predicted molar refractivity (Wildman–Crippen MR) is 183 cm³/mol. The zero-order valence-corrected chi connectivity index (χ0v) is 26.3. The maximum absolute atomic E-state index is 6.22. The zero-order valence-electron chi connectivity index (χ0n) is 26.3. The minimum absolute atomic E-state index is 0.534. The minimum atomic E-state index is 0.534. The molecular weight excluding hydrogens is 556 g/mol. The third-order valence-corrected chi connectivity index (χ3v) is 7.98. The molecule has 6 rings (SSSR count). The summed E-state index contributed by atoms with van der Waals surface area (Å²) in [6, 6.07) is 43.9. The summed E-state index contributed by atoms with van der Waals surface area (Å²) in [5.41, 5.74) is 8.23. The van der Waals surface area contributed by atoms with Gasteiger partial charge in [0.2, 0.25) is 0 Å². The van der Waals surface area contributed by atoms with Gasteiger partial charge >= 0.3 is 0 Å². The SMILES string of the molecule is Cc1c(-c2ccc(OCc3ccccc3)cc2)n(Cc2ccc(OCCN(C)C)cc2)c2ccc(OCc3ccccc3)cc12. The highest BCUT2D eigenvalue weighted by Crippen LogP contribution is 2.37. The Kier molecular flexibility index (Phi) is 9.47. The molecule has 228 valence electrons. The highest BCUT2D eigenvalue weighted by atomic mass is 16.5. The van der Waals surface area contributed by atoms with Gasteiger partial charge in [-0.2, -0.15) is 0 Å². The standard InChI is InChI=1S/C40H40N2O3/c1-30-38-26-37(45-29-33-12-8-5-9-13-33)22-23-39(38)42(27-31-14-18-35(19-15-31)43-25-24-41(2)3)40(30)34-16-20-36(21-17-34)44-28-32-10-6-4-7-11-32/h4-23,26H,24-25,27-29H2,1-3H3. The molecule has 0 atom stereocenters. The molecule has 0 aliphatic rings. The van der Waals surface area contributed by atoms with Crippen molar-refractivity contribution in [3.63, 3.8) is 0 Å². The number of ether oxygens (including phenoxy) is 3. The molecule has 0 bridgehead atoms. The summed E-state index contributed by atoms with van der Waals surface area (Å²) >= 11 is 0. The highest BCUT2D eigenvalue weighted by molar-refractivity contribution is 5.92. The molecule has 0 N–H and O–H groups in total. The van der Waals surface area contributed by atoms with Crippen molar-refractivity contribution in [3.05, 3.63) is 150 Å². The lowest BCUT2D eigenvalue weighted by atomic mass is 10.1. The Morgan fingerprint density at radius 2 is 1.13 bits per heavy atom. The molecule has 0 amide bonds. The largest absolute Gasteiger partial charge is 0.492 e. The first kappa shape index (κ1) is 30.0. The number of rotatable bonds is 13. The van der Waals surface area contributed by atoms with Crippen molar-refractivity contribution >= 4 is 10.9 Å². The van der Waals surface area contributed by atoms with Gasteiger partial charge in [-0.25, -0.2) is 0 Å². The summed E-state index contributed by atoms with van der Waals surface area (Å²) in [5, 5.41) is 1.18. The van der Waals surface area contributed by atoms with Crippen LogP contribution in [-0.2, 0) is 19.8 Å². The highest BCUT2D eigenvalue weighted by Gasteiger charge is 2.17. The normalized spacial score (nSPS) is 11.2. The van der Waals surface area contributed by atoms with Gasteiger partial charge in [0, 0.05) is 24.0 Å². The summed E-state index contributed by atoms with van der Waals surface area (Å²) < 4.78 is 20.7. The summed E-state index contributed by atoms with van der Waals surface area (Å²) in [6.07, 6.45) is 0. The maximum Gasteiger partial charge on any atom is 0.120 e. The maximum atomic E-state index is 6.22. The second-order valence-corrected chi connectivity index (χ2v) is 11.6. The van der Waals surface area contributed by atoms with Gasteiger partial charge in [0.25, 0.3) is 0 Å². The van der Waals surface area contributed by atoms with Gasteiger partial charge in [0.1, 0.15) is 37.1 Å². The molecule has 1 aromatic heterocycles. The number of nitrogens with zero attached hydrogens (tertiary/aromatic N) is 2. The smallest absolute Gasteiger partial charge is 0.120 e. The summed E-state index contributed by atoms with van der Waals surface area (Å²) in [6.45, 7) is 5.56. The lowest BCUT2D eigenvalue weighted by Gasteiger charge is -2.14. The van der Waals surface area contributed by atoms with Gasteiger partial charge in [0.05, 0.1) is 5.69 Å². The van der Waals surface area contributed by atoms with Crippen LogP contribution in [0.1, 0.15) is 22.3 Å².